The van der Waals surface area contributed by atoms with Crippen molar-refractivity contribution in [1.29, 1.82) is 0 Å². The monoisotopic (exact) mass is 384 g/mol. The van der Waals surface area contributed by atoms with E-state index in [1.165, 1.54) is 56.9 Å². The maximum Gasteiger partial charge on any atom is 0.136 e. The molecule has 0 radical (unpaired) electrons. The molecule has 0 N–H and O–H groups in total. The average molecular weight is 385 g/mol. The summed E-state index contributed by atoms with van der Waals surface area (Å²) in [5, 5.41) is 0. The Morgan fingerprint density at radius 1 is 1.04 bits per heavy atom. The lowest BCUT2D eigenvalue weighted by Crippen LogP contribution is -2.50. The lowest BCUT2D eigenvalue weighted by molar-refractivity contribution is -0.122. The van der Waals surface area contributed by atoms with Gasteiger partial charge in [-0.1, -0.05) is 65.5 Å². The number of hydrogen-bond donors (Lipinski definition) is 0. The van der Waals surface area contributed by atoms with E-state index >= 15 is 0 Å². The first-order valence-electron chi connectivity index (χ1n) is 12.5. The van der Waals surface area contributed by atoms with Crippen LogP contribution in [-0.4, -0.2) is 5.78 Å². The standard InChI is InChI=1S/C27H44O/c1-18(2)7-6-8-19(3)23-11-12-24-22-10-9-20-17-21(28)13-15-26(20,4)25(22)14-16-27(23,24)5/h9,18-19,22-25H,6-8,10-17H2,1-5H3/t19-,22+,23-,24+,25+,26+,27-/m1/s1. The van der Waals surface area contributed by atoms with Gasteiger partial charge in [0.25, 0.3) is 0 Å². The van der Waals surface area contributed by atoms with Gasteiger partial charge in [0.05, 0.1) is 0 Å². The summed E-state index contributed by atoms with van der Waals surface area (Å²) in [6.45, 7) is 12.5. The summed E-state index contributed by atoms with van der Waals surface area (Å²) in [5.41, 5.74) is 2.43. The molecule has 4 aliphatic rings. The third-order valence-corrected chi connectivity index (χ3v) is 10.1. The number of rotatable bonds is 5. The van der Waals surface area contributed by atoms with Gasteiger partial charge < -0.3 is 0 Å². The maximum absolute atomic E-state index is 12.1. The summed E-state index contributed by atoms with van der Waals surface area (Å²) in [5.74, 6) is 5.82. The molecule has 0 aromatic heterocycles. The molecular weight excluding hydrogens is 340 g/mol. The van der Waals surface area contributed by atoms with E-state index in [-0.39, 0.29) is 0 Å². The minimum atomic E-state index is 0.332. The van der Waals surface area contributed by atoms with Crippen LogP contribution in [-0.2, 0) is 4.79 Å². The molecule has 1 heteroatoms. The van der Waals surface area contributed by atoms with Crippen LogP contribution in [0.3, 0.4) is 0 Å². The molecule has 7 atom stereocenters. The second-order valence-corrected chi connectivity index (χ2v) is 12.0. The quantitative estimate of drug-likeness (QED) is 0.446. The van der Waals surface area contributed by atoms with Crippen LogP contribution in [0, 0.1) is 46.3 Å². The van der Waals surface area contributed by atoms with E-state index in [1.807, 2.05) is 0 Å². The molecule has 0 saturated heterocycles. The predicted molar refractivity (Wildman–Crippen MR) is 118 cm³/mol. The normalized spacial score (nSPS) is 43.9. The fourth-order valence-electron chi connectivity index (χ4n) is 8.50. The first-order chi connectivity index (χ1) is 13.3. The van der Waals surface area contributed by atoms with Crippen LogP contribution < -0.4 is 0 Å². The van der Waals surface area contributed by atoms with E-state index in [0.29, 0.717) is 16.6 Å². The summed E-state index contributed by atoms with van der Waals surface area (Å²) in [6, 6.07) is 0. The van der Waals surface area contributed by atoms with Crippen molar-refractivity contribution in [2.45, 2.75) is 105 Å². The highest BCUT2D eigenvalue weighted by Gasteiger charge is 2.59. The van der Waals surface area contributed by atoms with Gasteiger partial charge >= 0.3 is 0 Å². The molecule has 0 aliphatic heterocycles. The highest BCUT2D eigenvalue weighted by molar-refractivity contribution is 5.82. The van der Waals surface area contributed by atoms with Crippen molar-refractivity contribution in [3.8, 4) is 0 Å². The zero-order valence-electron chi connectivity index (χ0n) is 19.2. The molecule has 0 bridgehead atoms. The first-order valence-corrected chi connectivity index (χ1v) is 12.5. The number of carbonyl (C=O) groups is 1. The Bertz CT molecular complexity index is 630. The fourth-order valence-corrected chi connectivity index (χ4v) is 8.50. The Labute approximate surface area is 174 Å². The Kier molecular flexibility index (Phi) is 5.60. The van der Waals surface area contributed by atoms with Gasteiger partial charge in [0.2, 0.25) is 0 Å². The summed E-state index contributed by atoms with van der Waals surface area (Å²) >= 11 is 0. The highest BCUT2D eigenvalue weighted by Crippen LogP contribution is 2.67. The van der Waals surface area contributed by atoms with Crippen LogP contribution in [0.25, 0.3) is 0 Å². The van der Waals surface area contributed by atoms with Crippen LogP contribution in [0.4, 0.5) is 0 Å². The van der Waals surface area contributed by atoms with Crippen molar-refractivity contribution >= 4 is 5.78 Å². The van der Waals surface area contributed by atoms with Gasteiger partial charge in [0, 0.05) is 12.8 Å². The van der Waals surface area contributed by atoms with E-state index in [0.717, 1.165) is 54.8 Å². The van der Waals surface area contributed by atoms with Crippen molar-refractivity contribution < 1.29 is 4.79 Å². The fraction of sp³-hybridized carbons (Fsp3) is 0.889. The molecule has 1 nitrogen and oxygen atoms in total. The van der Waals surface area contributed by atoms with Crippen molar-refractivity contribution in [2.75, 3.05) is 0 Å². The highest BCUT2D eigenvalue weighted by atomic mass is 16.1. The second-order valence-electron chi connectivity index (χ2n) is 12.0. The van der Waals surface area contributed by atoms with Crippen molar-refractivity contribution in [2.24, 2.45) is 46.3 Å². The number of allylic oxidation sites excluding steroid dienone is 2. The number of carbonyl (C=O) groups excluding carboxylic acids is 1. The maximum atomic E-state index is 12.1. The predicted octanol–water partition coefficient (Wildman–Crippen LogP) is 7.60. The summed E-state index contributed by atoms with van der Waals surface area (Å²) in [6.07, 6.45) is 16.5. The molecule has 4 aliphatic carbocycles. The number of Topliss-reactive ketones (excluding diaryl/α,β-unsaturated/α-hetero) is 1. The van der Waals surface area contributed by atoms with Gasteiger partial charge in [-0.2, -0.15) is 0 Å². The Balaban J connectivity index is 1.50. The molecule has 3 saturated carbocycles. The van der Waals surface area contributed by atoms with E-state index in [9.17, 15) is 4.79 Å². The molecule has 4 rings (SSSR count). The number of fused-ring (bicyclic) bond motifs is 5. The third-order valence-electron chi connectivity index (χ3n) is 10.1. The number of hydrogen-bond acceptors (Lipinski definition) is 1. The molecule has 158 valence electrons. The molecule has 0 unspecified atom stereocenters. The number of ketones is 1. The van der Waals surface area contributed by atoms with Crippen LogP contribution in [0.15, 0.2) is 11.6 Å². The van der Waals surface area contributed by atoms with Crippen LogP contribution in [0.1, 0.15) is 105 Å². The summed E-state index contributed by atoms with van der Waals surface area (Å²) in [7, 11) is 0. The summed E-state index contributed by atoms with van der Waals surface area (Å²) in [4.78, 5) is 12.1. The topological polar surface area (TPSA) is 17.1 Å². The van der Waals surface area contributed by atoms with E-state index in [4.69, 9.17) is 0 Å². The molecule has 0 spiro atoms. The van der Waals surface area contributed by atoms with Crippen LogP contribution in [0.2, 0.25) is 0 Å². The van der Waals surface area contributed by atoms with Gasteiger partial charge in [0.1, 0.15) is 5.78 Å². The van der Waals surface area contributed by atoms with Crippen molar-refractivity contribution in [3.05, 3.63) is 11.6 Å². The van der Waals surface area contributed by atoms with E-state index in [2.05, 4.69) is 40.7 Å². The SMILES string of the molecule is CC(C)CCC[C@@H](C)[C@H]1CC[C@H]2[C@@H]3CC=C4CC(=O)CC[C@]4(C)[C@H]3CC[C@]12C. The van der Waals surface area contributed by atoms with Gasteiger partial charge in [-0.05, 0) is 84.9 Å². The lowest BCUT2D eigenvalue weighted by atomic mass is 9.47. The molecule has 28 heavy (non-hydrogen) atoms. The van der Waals surface area contributed by atoms with Crippen molar-refractivity contribution in [1.82, 2.24) is 0 Å². The Morgan fingerprint density at radius 2 is 1.82 bits per heavy atom. The van der Waals surface area contributed by atoms with Crippen molar-refractivity contribution in [3.63, 3.8) is 0 Å². The van der Waals surface area contributed by atoms with Gasteiger partial charge in [-0.3, -0.25) is 4.79 Å². The van der Waals surface area contributed by atoms with Gasteiger partial charge in [-0.25, -0.2) is 0 Å². The summed E-state index contributed by atoms with van der Waals surface area (Å²) < 4.78 is 0. The minimum absolute atomic E-state index is 0.332. The lowest BCUT2D eigenvalue weighted by Gasteiger charge is -2.58. The Morgan fingerprint density at radius 3 is 2.57 bits per heavy atom. The molecule has 0 heterocycles. The van der Waals surface area contributed by atoms with Gasteiger partial charge in [-0.15, -0.1) is 0 Å². The van der Waals surface area contributed by atoms with Crippen LogP contribution >= 0.6 is 0 Å². The van der Waals surface area contributed by atoms with E-state index in [1.54, 1.807) is 0 Å². The Hall–Kier alpha value is -0.590. The smallest absolute Gasteiger partial charge is 0.136 e. The van der Waals surface area contributed by atoms with Crippen LogP contribution in [0.5, 0.6) is 0 Å². The molecule has 0 aromatic rings. The minimum Gasteiger partial charge on any atom is -0.299 e. The third kappa shape index (κ3) is 3.33. The van der Waals surface area contributed by atoms with E-state index < -0.39 is 0 Å². The molecule has 3 fully saturated rings. The average Bonchev–Trinajstić information content (AvgIpc) is 2.99. The van der Waals surface area contributed by atoms with Gasteiger partial charge in [0.15, 0.2) is 0 Å². The second kappa shape index (κ2) is 7.59. The largest absolute Gasteiger partial charge is 0.299 e. The molecular formula is C27H44O. The zero-order chi connectivity index (χ0) is 20.1. The molecule has 0 amide bonds. The zero-order valence-corrected chi connectivity index (χ0v) is 19.2. The first kappa shape index (κ1) is 20.7. The molecule has 0 aromatic carbocycles.